The highest BCUT2D eigenvalue weighted by Gasteiger charge is 2.30. The first-order valence-electron chi connectivity index (χ1n) is 16.5. The summed E-state index contributed by atoms with van der Waals surface area (Å²) in [6.07, 6.45) is -3.46. The highest BCUT2D eigenvalue weighted by Crippen LogP contribution is 2.34. The van der Waals surface area contributed by atoms with Crippen molar-refractivity contribution >= 4 is 44.2 Å². The molecule has 1 aromatic carbocycles. The van der Waals surface area contributed by atoms with Gasteiger partial charge in [-0.3, -0.25) is 19.5 Å². The Kier molecular flexibility index (Phi) is 9.94. The molecule has 6 rings (SSSR count). The summed E-state index contributed by atoms with van der Waals surface area (Å²) in [4.78, 5) is 28.0. The van der Waals surface area contributed by atoms with Gasteiger partial charge in [0.25, 0.3) is 0 Å². The Labute approximate surface area is 282 Å². The molecule has 14 heteroatoms. The number of anilines is 1. The van der Waals surface area contributed by atoms with Crippen molar-refractivity contribution in [2.24, 2.45) is 5.73 Å². The van der Waals surface area contributed by atoms with Gasteiger partial charge in [-0.1, -0.05) is 6.07 Å². The standard InChI is InChI=1S/C34H42F3N9OS/c1-21(45-12-10-44(11-13-45)20-31(39)47)18-46-26(17-38)14-28-22(2)24(4-5-30(28)46)19-43-8-6-25(7-9-43)42-32-29-15-27(16-34(35,36)37)48-33(29)41-23(3)40-32/h4-5,14-15,21,25H,6-13,16,18-20H2,1-3H3,(H2,39,47)(H,40,41,42)/t21-/m0/s1. The van der Waals surface area contributed by atoms with Gasteiger partial charge in [-0.25, -0.2) is 9.97 Å². The van der Waals surface area contributed by atoms with E-state index in [0.717, 1.165) is 80.9 Å². The summed E-state index contributed by atoms with van der Waals surface area (Å²) in [6.45, 7) is 12.9. The maximum Gasteiger partial charge on any atom is 0.393 e. The molecule has 0 spiro atoms. The van der Waals surface area contributed by atoms with E-state index >= 15 is 0 Å². The lowest BCUT2D eigenvalue weighted by Gasteiger charge is -2.37. The monoisotopic (exact) mass is 681 g/mol. The first-order valence-corrected chi connectivity index (χ1v) is 17.3. The molecule has 0 unspecified atom stereocenters. The molecule has 0 aliphatic carbocycles. The number of nitrogens with zero attached hydrogens (tertiary/aromatic N) is 7. The first-order chi connectivity index (χ1) is 22.9. The van der Waals surface area contributed by atoms with Crippen LogP contribution in [0.25, 0.3) is 21.1 Å². The highest BCUT2D eigenvalue weighted by molar-refractivity contribution is 7.18. The van der Waals surface area contributed by atoms with E-state index in [1.54, 1.807) is 13.0 Å². The molecule has 3 aromatic heterocycles. The summed E-state index contributed by atoms with van der Waals surface area (Å²) in [5.41, 5.74) is 9.50. The number of carbonyl (C=O) groups is 1. The molecule has 5 heterocycles. The number of piperidine rings is 1. The fourth-order valence-electron chi connectivity index (χ4n) is 7.09. The summed E-state index contributed by atoms with van der Waals surface area (Å²) in [6, 6.07) is 10.7. The number of aromatic nitrogens is 3. The second-order valence-electron chi connectivity index (χ2n) is 13.2. The van der Waals surface area contributed by atoms with Gasteiger partial charge in [0.15, 0.2) is 0 Å². The number of likely N-dealkylation sites (tertiary alicyclic amines) is 1. The maximum atomic E-state index is 13.0. The van der Waals surface area contributed by atoms with Gasteiger partial charge >= 0.3 is 6.18 Å². The average Bonchev–Trinajstić information content (AvgIpc) is 3.59. The number of piperazine rings is 1. The van der Waals surface area contributed by atoms with E-state index in [4.69, 9.17) is 5.73 Å². The van der Waals surface area contributed by atoms with Gasteiger partial charge in [0, 0.05) is 80.2 Å². The van der Waals surface area contributed by atoms with Crippen molar-refractivity contribution in [3.63, 3.8) is 0 Å². The van der Waals surface area contributed by atoms with Crippen LogP contribution in [0.1, 0.15) is 47.3 Å². The van der Waals surface area contributed by atoms with Crippen molar-refractivity contribution in [2.75, 3.05) is 51.1 Å². The van der Waals surface area contributed by atoms with Crippen molar-refractivity contribution in [3.8, 4) is 6.07 Å². The molecule has 3 N–H and O–H groups in total. The van der Waals surface area contributed by atoms with E-state index in [9.17, 15) is 23.2 Å². The van der Waals surface area contributed by atoms with E-state index in [0.29, 0.717) is 40.6 Å². The van der Waals surface area contributed by atoms with Crippen LogP contribution >= 0.6 is 11.3 Å². The molecule has 2 aliphatic heterocycles. The van der Waals surface area contributed by atoms with Crippen LogP contribution in [0.4, 0.5) is 19.0 Å². The minimum absolute atomic E-state index is 0.161. The van der Waals surface area contributed by atoms with Crippen LogP contribution in [0.5, 0.6) is 0 Å². The number of alkyl halides is 3. The van der Waals surface area contributed by atoms with Gasteiger partial charge in [0.1, 0.15) is 28.2 Å². The lowest BCUT2D eigenvalue weighted by molar-refractivity contribution is -0.126. The van der Waals surface area contributed by atoms with Crippen molar-refractivity contribution in [3.05, 3.63) is 51.8 Å². The molecular weight excluding hydrogens is 639 g/mol. The Balaban J connectivity index is 1.08. The zero-order valence-corrected chi connectivity index (χ0v) is 28.4. The highest BCUT2D eigenvalue weighted by atomic mass is 32.1. The molecule has 0 bridgehead atoms. The first kappa shape index (κ1) is 34.1. The number of aryl methyl sites for hydroxylation is 2. The molecule has 256 valence electrons. The van der Waals surface area contributed by atoms with Gasteiger partial charge < -0.3 is 15.6 Å². The Morgan fingerprint density at radius 1 is 1.08 bits per heavy atom. The zero-order chi connectivity index (χ0) is 34.2. The summed E-state index contributed by atoms with van der Waals surface area (Å²) < 4.78 is 41.2. The maximum absolute atomic E-state index is 13.0. The number of thiophene rings is 1. The molecule has 10 nitrogen and oxygen atoms in total. The number of primary amides is 1. The summed E-state index contributed by atoms with van der Waals surface area (Å²) in [7, 11) is 0. The fourth-order valence-corrected chi connectivity index (χ4v) is 8.19. The Morgan fingerprint density at radius 2 is 1.81 bits per heavy atom. The molecule has 0 radical (unpaired) electrons. The van der Waals surface area contributed by atoms with Crippen LogP contribution in [0.2, 0.25) is 0 Å². The number of fused-ring (bicyclic) bond motifs is 2. The zero-order valence-electron chi connectivity index (χ0n) is 27.6. The van der Waals surface area contributed by atoms with Gasteiger partial charge in [-0.2, -0.15) is 18.4 Å². The number of nitrogens with one attached hydrogen (secondary N) is 1. The molecular formula is C34H42F3N9OS. The van der Waals surface area contributed by atoms with Crippen molar-refractivity contribution < 1.29 is 18.0 Å². The molecule has 0 saturated carbocycles. The van der Waals surface area contributed by atoms with Crippen LogP contribution in [-0.4, -0.2) is 99.2 Å². The number of rotatable bonds is 10. The Bertz CT molecular complexity index is 1830. The van der Waals surface area contributed by atoms with Crippen molar-refractivity contribution in [1.29, 1.82) is 5.26 Å². The number of carbonyl (C=O) groups excluding carboxylic acids is 1. The quantitative estimate of drug-likeness (QED) is 0.245. The number of benzene rings is 1. The summed E-state index contributed by atoms with van der Waals surface area (Å²) in [5, 5.41) is 15.3. The molecule has 1 amide bonds. The summed E-state index contributed by atoms with van der Waals surface area (Å²) >= 11 is 1.08. The number of nitrogens with two attached hydrogens (primary N) is 1. The number of hydrogen-bond acceptors (Lipinski definition) is 9. The van der Waals surface area contributed by atoms with Crippen LogP contribution in [0.15, 0.2) is 24.3 Å². The Morgan fingerprint density at radius 3 is 2.48 bits per heavy atom. The van der Waals surface area contributed by atoms with Crippen LogP contribution in [-0.2, 0) is 24.3 Å². The SMILES string of the molecule is Cc1nc(NC2CCN(Cc3ccc4c(cc(C#N)n4C[C@H](C)N4CCN(CC(N)=O)CC4)c3C)CC2)c2cc(CC(F)(F)F)sc2n1. The predicted octanol–water partition coefficient (Wildman–Crippen LogP) is 4.81. The van der Waals surface area contributed by atoms with E-state index in [1.807, 2.05) is 6.07 Å². The van der Waals surface area contributed by atoms with Gasteiger partial charge in [-0.15, -0.1) is 11.3 Å². The minimum Gasteiger partial charge on any atom is -0.369 e. The second-order valence-corrected chi connectivity index (χ2v) is 14.3. The molecule has 1 atom stereocenters. The number of nitriles is 1. The molecule has 4 aromatic rings. The minimum atomic E-state index is -4.26. The third kappa shape index (κ3) is 7.75. The van der Waals surface area contributed by atoms with Gasteiger partial charge in [0.2, 0.25) is 5.91 Å². The summed E-state index contributed by atoms with van der Waals surface area (Å²) in [5.74, 6) is 0.848. The molecule has 2 aliphatic rings. The largest absolute Gasteiger partial charge is 0.393 e. The molecule has 48 heavy (non-hydrogen) atoms. The number of halogens is 3. The molecule has 2 fully saturated rings. The Hall–Kier alpha value is -3.77. The van der Waals surface area contributed by atoms with Crippen LogP contribution in [0.3, 0.4) is 0 Å². The lowest BCUT2D eigenvalue weighted by atomic mass is 10.0. The predicted molar refractivity (Wildman–Crippen MR) is 182 cm³/mol. The van der Waals surface area contributed by atoms with Gasteiger partial charge in [0.05, 0.1) is 18.4 Å². The van der Waals surface area contributed by atoms with E-state index in [-0.39, 0.29) is 22.9 Å². The van der Waals surface area contributed by atoms with E-state index in [1.165, 1.54) is 11.1 Å². The third-order valence-electron chi connectivity index (χ3n) is 9.69. The average molecular weight is 682 g/mol. The van der Waals surface area contributed by atoms with Crippen LogP contribution < -0.4 is 11.1 Å². The fraction of sp³-hybridized carbons (Fsp3) is 0.529. The van der Waals surface area contributed by atoms with Crippen molar-refractivity contribution in [2.45, 2.75) is 71.4 Å². The number of amides is 1. The molecule has 2 saturated heterocycles. The van der Waals surface area contributed by atoms with Gasteiger partial charge in [-0.05, 0) is 62.9 Å². The van der Waals surface area contributed by atoms with Crippen molar-refractivity contribution in [1.82, 2.24) is 29.2 Å². The third-order valence-corrected chi connectivity index (χ3v) is 10.7. The van der Waals surface area contributed by atoms with E-state index < -0.39 is 12.6 Å². The second kappa shape index (κ2) is 14.0. The lowest BCUT2D eigenvalue weighted by Crippen LogP contribution is -2.52. The van der Waals surface area contributed by atoms with Crippen LogP contribution in [0, 0.1) is 25.2 Å². The number of hydrogen-bond donors (Lipinski definition) is 2. The van der Waals surface area contributed by atoms with E-state index in [2.05, 4.69) is 66.6 Å². The normalized spacial score (nSPS) is 18.0. The topological polar surface area (TPSA) is 119 Å². The smallest absolute Gasteiger partial charge is 0.369 e.